The van der Waals surface area contributed by atoms with E-state index in [-0.39, 0.29) is 19.1 Å². The molecule has 1 aliphatic rings. The average Bonchev–Trinajstić information content (AvgIpc) is 3.09. The number of nitrogens with one attached hydrogen (secondary N) is 1. The van der Waals surface area contributed by atoms with E-state index in [1.165, 1.54) is 21.1 Å². The number of nitrogens with zero attached hydrogens (tertiary/aromatic N) is 1. The van der Waals surface area contributed by atoms with Gasteiger partial charge in [-0.1, -0.05) is 48.5 Å². The molecule has 0 spiro atoms. The third-order valence-electron chi connectivity index (χ3n) is 5.55. The van der Waals surface area contributed by atoms with Crippen molar-refractivity contribution in [3.63, 3.8) is 0 Å². The number of hydrogen-bond acceptors (Lipinski definition) is 5. The first-order valence-corrected chi connectivity index (χ1v) is 9.95. The lowest BCUT2D eigenvalue weighted by Crippen LogP contribution is -2.53. The molecule has 164 valence electrons. The van der Waals surface area contributed by atoms with Crippen molar-refractivity contribution in [3.8, 4) is 11.1 Å². The standard InChI is InChI=1S/C23H26N2O6/c1-14(22(27)28)25(2)21(26)20(13-30-3)24-23(29)31-12-19-17-10-6-4-8-15(17)16-9-5-7-11-18(16)19/h4-11,14,19-20H,12-13H2,1-3H3,(H,24,29)(H,27,28)/t14-,20-/m0/s1. The van der Waals surface area contributed by atoms with Crippen molar-refractivity contribution in [1.82, 2.24) is 10.2 Å². The second-order valence-corrected chi connectivity index (χ2v) is 7.44. The molecule has 2 aromatic carbocycles. The summed E-state index contributed by atoms with van der Waals surface area (Å²) in [7, 11) is 2.75. The van der Waals surface area contributed by atoms with E-state index in [1.807, 2.05) is 48.5 Å². The zero-order valence-corrected chi connectivity index (χ0v) is 17.7. The minimum atomic E-state index is -1.15. The number of rotatable bonds is 8. The van der Waals surface area contributed by atoms with Crippen LogP contribution in [0.4, 0.5) is 4.79 Å². The SMILES string of the molecule is COC[C@H](NC(=O)OCC1c2ccccc2-c2ccccc21)C(=O)N(C)[C@@H](C)C(=O)O. The van der Waals surface area contributed by atoms with Gasteiger partial charge in [-0.3, -0.25) is 4.79 Å². The van der Waals surface area contributed by atoms with E-state index in [9.17, 15) is 14.4 Å². The van der Waals surface area contributed by atoms with E-state index in [1.54, 1.807) is 0 Å². The Hall–Kier alpha value is -3.39. The van der Waals surface area contributed by atoms with Crippen LogP contribution < -0.4 is 5.32 Å². The predicted octanol–water partition coefficient (Wildman–Crippen LogP) is 2.47. The van der Waals surface area contributed by atoms with Crippen LogP contribution in [-0.4, -0.2) is 67.4 Å². The molecule has 0 saturated carbocycles. The van der Waals surface area contributed by atoms with E-state index >= 15 is 0 Å². The Balaban J connectivity index is 1.67. The van der Waals surface area contributed by atoms with E-state index in [0.29, 0.717) is 0 Å². The topological polar surface area (TPSA) is 105 Å². The normalized spacial score (nSPS) is 14.2. The van der Waals surface area contributed by atoms with Crippen molar-refractivity contribution in [2.75, 3.05) is 27.4 Å². The summed E-state index contributed by atoms with van der Waals surface area (Å²) in [5.74, 6) is -1.83. The number of aliphatic carboxylic acids is 1. The molecule has 0 fully saturated rings. The minimum Gasteiger partial charge on any atom is -0.480 e. The van der Waals surface area contributed by atoms with E-state index in [0.717, 1.165) is 27.2 Å². The zero-order chi connectivity index (χ0) is 22.5. The van der Waals surface area contributed by atoms with Crippen molar-refractivity contribution in [1.29, 1.82) is 0 Å². The Labute approximate surface area is 180 Å². The molecule has 3 rings (SSSR count). The molecule has 2 atom stereocenters. The van der Waals surface area contributed by atoms with Crippen LogP contribution in [0.25, 0.3) is 11.1 Å². The summed E-state index contributed by atoms with van der Waals surface area (Å²) in [6, 6.07) is 13.9. The van der Waals surface area contributed by atoms with Gasteiger partial charge in [-0.25, -0.2) is 9.59 Å². The molecule has 8 heteroatoms. The van der Waals surface area contributed by atoms with Crippen molar-refractivity contribution in [3.05, 3.63) is 59.7 Å². The fraction of sp³-hybridized carbons (Fsp3) is 0.348. The zero-order valence-electron chi connectivity index (χ0n) is 17.7. The number of amides is 2. The molecule has 0 bridgehead atoms. The van der Waals surface area contributed by atoms with Crippen LogP contribution in [0.5, 0.6) is 0 Å². The van der Waals surface area contributed by atoms with Crippen LogP contribution in [-0.2, 0) is 19.1 Å². The quantitative estimate of drug-likeness (QED) is 0.672. The van der Waals surface area contributed by atoms with Gasteiger partial charge in [0.05, 0.1) is 6.61 Å². The van der Waals surface area contributed by atoms with E-state index in [2.05, 4.69) is 5.32 Å². The molecule has 2 N–H and O–H groups in total. The number of likely N-dealkylation sites (N-methyl/N-ethyl adjacent to an activating group) is 1. The van der Waals surface area contributed by atoms with Gasteiger partial charge in [0.25, 0.3) is 0 Å². The van der Waals surface area contributed by atoms with Crippen molar-refractivity contribution in [2.24, 2.45) is 0 Å². The van der Waals surface area contributed by atoms with Gasteiger partial charge in [0.15, 0.2) is 0 Å². The van der Waals surface area contributed by atoms with E-state index in [4.69, 9.17) is 14.6 Å². The van der Waals surface area contributed by atoms with Crippen LogP contribution in [0, 0.1) is 0 Å². The van der Waals surface area contributed by atoms with Gasteiger partial charge in [-0.15, -0.1) is 0 Å². The number of fused-ring (bicyclic) bond motifs is 3. The highest BCUT2D eigenvalue weighted by Gasteiger charge is 2.32. The molecule has 1 aliphatic carbocycles. The van der Waals surface area contributed by atoms with Crippen LogP contribution in [0.2, 0.25) is 0 Å². The maximum Gasteiger partial charge on any atom is 0.407 e. The maximum atomic E-state index is 12.6. The van der Waals surface area contributed by atoms with Gasteiger partial charge in [0.2, 0.25) is 5.91 Å². The number of carbonyl (C=O) groups is 3. The third-order valence-corrected chi connectivity index (χ3v) is 5.55. The maximum absolute atomic E-state index is 12.6. The minimum absolute atomic E-state index is 0.106. The summed E-state index contributed by atoms with van der Waals surface area (Å²) in [6.07, 6.45) is -0.770. The Morgan fingerprint density at radius 3 is 2.13 bits per heavy atom. The Morgan fingerprint density at radius 2 is 1.61 bits per heavy atom. The number of carbonyl (C=O) groups excluding carboxylic acids is 2. The Morgan fingerprint density at radius 1 is 1.06 bits per heavy atom. The van der Waals surface area contributed by atoms with Crippen LogP contribution in [0.15, 0.2) is 48.5 Å². The second kappa shape index (κ2) is 9.61. The smallest absolute Gasteiger partial charge is 0.407 e. The molecule has 2 aromatic rings. The monoisotopic (exact) mass is 426 g/mol. The lowest BCUT2D eigenvalue weighted by Gasteiger charge is -2.26. The fourth-order valence-corrected chi connectivity index (χ4v) is 3.73. The number of ether oxygens (including phenoxy) is 2. The molecule has 0 saturated heterocycles. The number of alkyl carbamates (subject to hydrolysis) is 1. The summed E-state index contributed by atoms with van der Waals surface area (Å²) < 4.78 is 10.5. The van der Waals surface area contributed by atoms with Crippen molar-refractivity contribution in [2.45, 2.75) is 24.9 Å². The number of carboxylic acids is 1. The number of methoxy groups -OCH3 is 1. The van der Waals surface area contributed by atoms with Gasteiger partial charge in [-0.05, 0) is 29.2 Å². The molecule has 31 heavy (non-hydrogen) atoms. The molecule has 0 heterocycles. The number of hydrogen-bond donors (Lipinski definition) is 2. The molecule has 2 amide bonds. The van der Waals surface area contributed by atoms with Crippen LogP contribution in [0.3, 0.4) is 0 Å². The molecule has 0 radical (unpaired) electrons. The predicted molar refractivity (Wildman–Crippen MR) is 114 cm³/mol. The first-order chi connectivity index (χ1) is 14.8. The molecule has 0 unspecified atom stereocenters. The second-order valence-electron chi connectivity index (χ2n) is 7.44. The number of benzene rings is 2. The van der Waals surface area contributed by atoms with Gasteiger partial charge in [0.1, 0.15) is 18.7 Å². The average molecular weight is 426 g/mol. The lowest BCUT2D eigenvalue weighted by atomic mass is 9.98. The third kappa shape index (κ3) is 4.69. The summed E-state index contributed by atoms with van der Waals surface area (Å²) in [5.41, 5.74) is 4.39. The van der Waals surface area contributed by atoms with Gasteiger partial charge in [-0.2, -0.15) is 0 Å². The first-order valence-electron chi connectivity index (χ1n) is 9.95. The van der Waals surface area contributed by atoms with Crippen LogP contribution >= 0.6 is 0 Å². The summed E-state index contributed by atoms with van der Waals surface area (Å²) in [4.78, 5) is 37.3. The molecule has 8 nitrogen and oxygen atoms in total. The molecule has 0 aromatic heterocycles. The molecular formula is C23H26N2O6. The fourth-order valence-electron chi connectivity index (χ4n) is 3.73. The van der Waals surface area contributed by atoms with Crippen LogP contribution in [0.1, 0.15) is 24.0 Å². The molecular weight excluding hydrogens is 400 g/mol. The van der Waals surface area contributed by atoms with Gasteiger partial charge < -0.3 is 24.8 Å². The highest BCUT2D eigenvalue weighted by atomic mass is 16.5. The highest BCUT2D eigenvalue weighted by Crippen LogP contribution is 2.44. The van der Waals surface area contributed by atoms with Crippen molar-refractivity contribution >= 4 is 18.0 Å². The molecule has 0 aliphatic heterocycles. The Bertz CT molecular complexity index is 931. The Kier molecular flexibility index (Phi) is 6.91. The number of carboxylic acid groups (broad SMARTS) is 1. The van der Waals surface area contributed by atoms with Crippen molar-refractivity contribution < 1.29 is 29.0 Å². The van der Waals surface area contributed by atoms with Gasteiger partial charge >= 0.3 is 12.1 Å². The van der Waals surface area contributed by atoms with Gasteiger partial charge in [0, 0.05) is 20.1 Å². The largest absolute Gasteiger partial charge is 0.480 e. The summed E-state index contributed by atoms with van der Waals surface area (Å²) >= 11 is 0. The van der Waals surface area contributed by atoms with E-state index < -0.39 is 30.1 Å². The highest BCUT2D eigenvalue weighted by molar-refractivity contribution is 5.89. The lowest BCUT2D eigenvalue weighted by molar-refractivity contribution is -0.149. The summed E-state index contributed by atoms with van der Waals surface area (Å²) in [6.45, 7) is 1.38. The first kappa shape index (κ1) is 22.3. The summed E-state index contributed by atoms with van der Waals surface area (Å²) in [5, 5.41) is 11.6.